The van der Waals surface area contributed by atoms with Gasteiger partial charge in [0.05, 0.1) is 0 Å². The zero-order valence-corrected chi connectivity index (χ0v) is 17.2. The molecule has 0 radical (unpaired) electrons. The van der Waals surface area contributed by atoms with E-state index in [2.05, 4.69) is 73.3 Å². The summed E-state index contributed by atoms with van der Waals surface area (Å²) in [5.74, 6) is 0. The van der Waals surface area contributed by atoms with Crippen molar-refractivity contribution in [3.05, 3.63) is 73.3 Å². The van der Waals surface area contributed by atoms with Crippen LogP contribution in [0.3, 0.4) is 0 Å². The van der Waals surface area contributed by atoms with E-state index >= 15 is 0 Å². The molecular weight excluding hydrogens is 394 g/mol. The summed E-state index contributed by atoms with van der Waals surface area (Å²) >= 11 is -1.63. The van der Waals surface area contributed by atoms with Gasteiger partial charge in [0.2, 0.25) is 0 Å². The van der Waals surface area contributed by atoms with Crippen molar-refractivity contribution in [1.29, 1.82) is 0 Å². The molecule has 3 rings (SSSR count). The van der Waals surface area contributed by atoms with Gasteiger partial charge < -0.3 is 0 Å². The van der Waals surface area contributed by atoms with E-state index < -0.39 is 25.8 Å². The smallest absolute Gasteiger partial charge is 0.147 e. The van der Waals surface area contributed by atoms with Crippen LogP contribution >= 0.6 is 24.8 Å². The molecule has 110 valence electrons. The van der Waals surface area contributed by atoms with Gasteiger partial charge in [-0.2, -0.15) is 0 Å². The second kappa shape index (κ2) is 9.10. The molecule has 0 heterocycles. The van der Waals surface area contributed by atoms with Gasteiger partial charge in [0, 0.05) is 0 Å². The molecule has 0 amide bonds. The van der Waals surface area contributed by atoms with Gasteiger partial charge in [-0.3, -0.25) is 0 Å². The molecule has 0 unspecified atom stereocenters. The summed E-state index contributed by atoms with van der Waals surface area (Å²) in [6.07, 6.45) is 16.5. The minimum absolute atomic E-state index is 0. The second-order valence-corrected chi connectivity index (χ2v) is 20.3. The third kappa shape index (κ3) is 4.42. The molecule has 2 aliphatic rings. The molecule has 0 spiro atoms. The van der Waals surface area contributed by atoms with E-state index in [9.17, 15) is 0 Å². The number of allylic oxidation sites excluding steroid dienone is 8. The van der Waals surface area contributed by atoms with Crippen LogP contribution in [0.5, 0.6) is 0 Å². The maximum atomic E-state index is 2.55. The molecule has 21 heavy (non-hydrogen) atoms. The summed E-state index contributed by atoms with van der Waals surface area (Å²) in [6.45, 7) is 2.55. The number of hydrogen-bond acceptors (Lipinski definition) is 0. The predicted molar refractivity (Wildman–Crippen MR) is 95.9 cm³/mol. The molecule has 0 bridgehead atoms. The predicted octanol–water partition coefficient (Wildman–Crippen LogP) is 4.66. The van der Waals surface area contributed by atoms with Crippen LogP contribution in [0.25, 0.3) is 0 Å². The van der Waals surface area contributed by atoms with Crippen molar-refractivity contribution >= 4 is 35.4 Å². The van der Waals surface area contributed by atoms with E-state index in [1.54, 1.807) is 11.7 Å². The molecule has 0 aromatic heterocycles. The largest absolute Gasteiger partial charge is 0.147 e. The fourth-order valence-corrected chi connectivity index (χ4v) is 21.3. The van der Waals surface area contributed by atoms with Gasteiger partial charge >= 0.3 is 124 Å². The van der Waals surface area contributed by atoms with E-state index in [1.807, 2.05) is 0 Å². The molecule has 0 fully saturated rings. The molecule has 1 aromatic rings. The summed E-state index contributed by atoms with van der Waals surface area (Å²) in [4.78, 5) is 0. The Balaban J connectivity index is 0.00000110. The summed E-state index contributed by atoms with van der Waals surface area (Å²) in [6, 6.07) is 11.2. The molecule has 0 aliphatic heterocycles. The first kappa shape index (κ1) is 18.9. The SMILES string of the molecule is C[Si](c1ccccc1)=[Zr]([C]1=CC=CC1)[C]1=CC=CC1.Cl.Cl. The first-order valence-electron chi connectivity index (χ1n) is 6.84. The summed E-state index contributed by atoms with van der Waals surface area (Å²) in [7, 11) is 0. The van der Waals surface area contributed by atoms with Crippen molar-refractivity contribution in [2.24, 2.45) is 0 Å². The van der Waals surface area contributed by atoms with E-state index in [1.165, 1.54) is 12.8 Å². The van der Waals surface area contributed by atoms with Crippen molar-refractivity contribution in [2.45, 2.75) is 19.4 Å². The van der Waals surface area contributed by atoms with Crippen LogP contribution in [0.2, 0.25) is 6.55 Å². The monoisotopic (exact) mass is 412 g/mol. The van der Waals surface area contributed by atoms with Gasteiger partial charge in [0.1, 0.15) is 0 Å². The summed E-state index contributed by atoms with van der Waals surface area (Å²) in [5, 5.41) is 1.63. The van der Waals surface area contributed by atoms with Crippen LogP contribution in [0.1, 0.15) is 12.8 Å². The normalized spacial score (nSPS) is 14.9. The van der Waals surface area contributed by atoms with Crippen molar-refractivity contribution in [1.82, 2.24) is 0 Å². The quantitative estimate of drug-likeness (QED) is 0.631. The van der Waals surface area contributed by atoms with Gasteiger partial charge in [-0.25, -0.2) is 0 Å². The molecule has 4 heteroatoms. The fraction of sp³-hybridized carbons (Fsp3) is 0.176. The summed E-state index contributed by atoms with van der Waals surface area (Å²) < 4.78 is 3.61. The third-order valence-corrected chi connectivity index (χ3v) is 22.2. The maximum absolute atomic E-state index is 2.55. The molecule has 0 saturated heterocycles. The van der Waals surface area contributed by atoms with Gasteiger partial charge in [-0.15, -0.1) is 24.8 Å². The van der Waals surface area contributed by atoms with E-state index in [-0.39, 0.29) is 24.8 Å². The Labute approximate surface area is 147 Å². The Hall–Kier alpha value is -0.140. The second-order valence-electron chi connectivity index (χ2n) is 5.01. The first-order valence-corrected chi connectivity index (χ1v) is 15.0. The first-order chi connectivity index (χ1) is 9.36. The standard InChI is InChI=1S/C7H8Si.2C5H5.2ClH.Zr/c1-8-7-5-3-2-4-6-7;2*1-2-4-5-3-1;;;/h2-6H,1H3;2*1-3H,4H2;2*1H;. The van der Waals surface area contributed by atoms with Crippen LogP contribution in [-0.4, -0.2) is 5.43 Å². The van der Waals surface area contributed by atoms with Crippen LogP contribution < -0.4 is 5.19 Å². The minimum atomic E-state index is -1.63. The van der Waals surface area contributed by atoms with Crippen LogP contribution in [0, 0.1) is 0 Å². The number of rotatable bonds is 3. The molecule has 0 N–H and O–H groups in total. The average Bonchev–Trinajstić information content (AvgIpc) is 3.13. The zero-order valence-electron chi connectivity index (χ0n) is 12.1. The van der Waals surface area contributed by atoms with Crippen molar-refractivity contribution in [2.75, 3.05) is 0 Å². The molecule has 2 aliphatic carbocycles. The molecular formula is C17H20Cl2SiZr. The minimum Gasteiger partial charge on any atom is -0.147 e. The fourth-order valence-electron chi connectivity index (χ4n) is 2.79. The van der Waals surface area contributed by atoms with Gasteiger partial charge in [0.15, 0.2) is 0 Å². The van der Waals surface area contributed by atoms with Crippen LogP contribution in [0.15, 0.2) is 73.3 Å². The van der Waals surface area contributed by atoms with E-state index in [0.29, 0.717) is 0 Å². The van der Waals surface area contributed by atoms with Gasteiger partial charge in [-0.05, 0) is 0 Å². The van der Waals surface area contributed by atoms with Crippen LogP contribution in [-0.2, 0) is 20.4 Å². The topological polar surface area (TPSA) is 0 Å². The van der Waals surface area contributed by atoms with Crippen molar-refractivity contribution < 1.29 is 20.4 Å². The number of benzene rings is 1. The Morgan fingerprint density at radius 2 is 1.38 bits per heavy atom. The number of halogens is 2. The average molecular weight is 415 g/mol. The third-order valence-electron chi connectivity index (χ3n) is 3.77. The van der Waals surface area contributed by atoms with Gasteiger partial charge in [0.25, 0.3) is 0 Å². The Bertz CT molecular complexity index is 608. The molecule has 0 nitrogen and oxygen atoms in total. The van der Waals surface area contributed by atoms with Crippen molar-refractivity contribution in [3.8, 4) is 0 Å². The van der Waals surface area contributed by atoms with E-state index in [0.717, 1.165) is 0 Å². The maximum Gasteiger partial charge on any atom is -0.147 e. The number of hydrogen-bond donors (Lipinski definition) is 0. The Kier molecular flexibility index (Phi) is 8.19. The van der Waals surface area contributed by atoms with Crippen molar-refractivity contribution in [3.63, 3.8) is 0 Å². The Morgan fingerprint density at radius 1 is 0.857 bits per heavy atom. The molecule has 0 saturated carbocycles. The van der Waals surface area contributed by atoms with Crippen LogP contribution in [0.4, 0.5) is 0 Å². The van der Waals surface area contributed by atoms with Gasteiger partial charge in [-0.1, -0.05) is 0 Å². The summed E-state index contributed by atoms with van der Waals surface area (Å²) in [5.41, 5.74) is -0.391. The molecule has 0 atom stereocenters. The zero-order chi connectivity index (χ0) is 13.1. The molecule has 1 aromatic carbocycles. The Morgan fingerprint density at radius 3 is 1.81 bits per heavy atom. The van der Waals surface area contributed by atoms with E-state index in [4.69, 9.17) is 0 Å².